The van der Waals surface area contributed by atoms with E-state index in [0.717, 1.165) is 30.8 Å². The molecule has 1 aliphatic rings. The first-order valence-electron chi connectivity index (χ1n) is 6.24. The number of piperidine rings is 1. The number of methoxy groups -OCH3 is 1. The molecule has 0 bridgehead atoms. The number of likely N-dealkylation sites (tertiary alicyclic amines) is 1. The van der Waals surface area contributed by atoms with Crippen LogP contribution in [0.3, 0.4) is 0 Å². The molecule has 2 N–H and O–H groups in total. The number of nitrogens with one attached hydrogen (secondary N) is 1. The molecule has 1 aliphatic heterocycles. The minimum Gasteiger partial charge on any atom is -0.497 e. The summed E-state index contributed by atoms with van der Waals surface area (Å²) < 4.78 is 5.23. The molecule has 1 unspecified atom stereocenters. The van der Waals surface area contributed by atoms with Crippen molar-refractivity contribution in [3.8, 4) is 5.75 Å². The number of hydrogen-bond donors (Lipinski definition) is 2. The fourth-order valence-corrected chi connectivity index (χ4v) is 2.77. The topological polar surface area (TPSA) is 33.9 Å². The predicted octanol–water partition coefficient (Wildman–Crippen LogP) is 0.437. The van der Waals surface area contributed by atoms with Gasteiger partial charge in [-0.3, -0.25) is 0 Å². The lowest BCUT2D eigenvalue weighted by molar-refractivity contribution is -0.892. The first-order valence-corrected chi connectivity index (χ1v) is 6.24. The molecular formula is C14H22NO2+. The van der Waals surface area contributed by atoms with Crippen LogP contribution in [0.1, 0.15) is 18.9 Å². The van der Waals surface area contributed by atoms with E-state index in [1.54, 1.807) is 7.11 Å². The summed E-state index contributed by atoms with van der Waals surface area (Å²) >= 11 is 0. The van der Waals surface area contributed by atoms with Crippen LogP contribution in [0, 0.1) is 5.92 Å². The number of aliphatic hydroxyl groups is 1. The van der Waals surface area contributed by atoms with Gasteiger partial charge in [0.15, 0.2) is 0 Å². The van der Waals surface area contributed by atoms with E-state index in [1.165, 1.54) is 4.90 Å². The maximum Gasteiger partial charge on any atom is 0.119 e. The number of benzene rings is 1. The minimum atomic E-state index is -0.700. The van der Waals surface area contributed by atoms with E-state index in [0.29, 0.717) is 0 Å². The zero-order valence-corrected chi connectivity index (χ0v) is 10.9. The van der Waals surface area contributed by atoms with E-state index >= 15 is 0 Å². The molecule has 1 aromatic rings. The quantitative estimate of drug-likeness (QED) is 0.781. The molecule has 3 nitrogen and oxygen atoms in total. The van der Waals surface area contributed by atoms with Gasteiger partial charge in [-0.25, -0.2) is 0 Å². The summed E-state index contributed by atoms with van der Waals surface area (Å²) in [6, 6.07) is 7.82. The summed E-state index contributed by atoms with van der Waals surface area (Å²) in [6.07, 6.45) is 0.813. The highest BCUT2D eigenvalue weighted by atomic mass is 16.5. The molecule has 0 amide bonds. The molecule has 0 aromatic heterocycles. The molecule has 0 saturated carbocycles. The first kappa shape index (κ1) is 12.4. The molecule has 1 heterocycles. The molecule has 2 rings (SSSR count). The van der Waals surface area contributed by atoms with Gasteiger partial charge in [-0.05, 0) is 17.7 Å². The van der Waals surface area contributed by atoms with Crippen LogP contribution in [0.4, 0.5) is 0 Å². The van der Waals surface area contributed by atoms with Gasteiger partial charge in [0.1, 0.15) is 11.4 Å². The van der Waals surface area contributed by atoms with Gasteiger partial charge < -0.3 is 14.7 Å². The Balaban J connectivity index is 2.30. The van der Waals surface area contributed by atoms with Gasteiger partial charge in [-0.2, -0.15) is 0 Å². The first-order chi connectivity index (χ1) is 8.06. The highest BCUT2D eigenvalue weighted by Crippen LogP contribution is 2.35. The Hall–Kier alpha value is -1.06. The van der Waals surface area contributed by atoms with E-state index in [1.807, 2.05) is 24.3 Å². The van der Waals surface area contributed by atoms with E-state index in [2.05, 4.69) is 14.0 Å². The number of ether oxygens (including phenoxy) is 1. The Morgan fingerprint density at radius 2 is 2.24 bits per heavy atom. The molecule has 0 spiro atoms. The van der Waals surface area contributed by atoms with Crippen LogP contribution in [-0.2, 0) is 5.60 Å². The average molecular weight is 236 g/mol. The number of hydrogen-bond acceptors (Lipinski definition) is 2. The fraction of sp³-hybridized carbons (Fsp3) is 0.571. The third kappa shape index (κ3) is 2.31. The third-order valence-electron chi connectivity index (χ3n) is 3.97. The van der Waals surface area contributed by atoms with Crippen LogP contribution in [-0.4, -0.2) is 32.4 Å². The Morgan fingerprint density at radius 3 is 2.88 bits per heavy atom. The summed E-state index contributed by atoms with van der Waals surface area (Å²) in [5.41, 5.74) is 0.283. The largest absolute Gasteiger partial charge is 0.497 e. The van der Waals surface area contributed by atoms with Crippen LogP contribution in [0.15, 0.2) is 24.3 Å². The molecule has 94 valence electrons. The Labute approximate surface area is 103 Å². The van der Waals surface area contributed by atoms with Crippen molar-refractivity contribution in [3.05, 3.63) is 29.8 Å². The SMILES string of the molecule is COc1cccc([C@@]2(O)CC[NH+](C)C[C@H]2C)c1. The van der Waals surface area contributed by atoms with Crippen molar-refractivity contribution in [1.82, 2.24) is 0 Å². The van der Waals surface area contributed by atoms with Gasteiger partial charge in [0.2, 0.25) is 0 Å². The molecule has 1 aromatic carbocycles. The van der Waals surface area contributed by atoms with Crippen molar-refractivity contribution in [3.63, 3.8) is 0 Å². The van der Waals surface area contributed by atoms with E-state index in [9.17, 15) is 5.11 Å². The Bertz CT molecular complexity index is 394. The molecular weight excluding hydrogens is 214 g/mol. The van der Waals surface area contributed by atoms with Crippen molar-refractivity contribution in [1.29, 1.82) is 0 Å². The standard InChI is InChI=1S/C14H21NO2/c1-11-10-15(2)8-7-14(11,16)12-5-4-6-13(9-12)17-3/h4-6,9,11,16H,7-8,10H2,1-3H3/p+1/t11-,14-/m1/s1. The smallest absolute Gasteiger partial charge is 0.119 e. The normalized spacial score (nSPS) is 33.4. The lowest BCUT2D eigenvalue weighted by atomic mass is 9.77. The number of quaternary nitrogens is 1. The molecule has 3 atom stereocenters. The van der Waals surface area contributed by atoms with E-state index < -0.39 is 5.60 Å². The van der Waals surface area contributed by atoms with Crippen LogP contribution >= 0.6 is 0 Å². The van der Waals surface area contributed by atoms with E-state index in [4.69, 9.17) is 4.74 Å². The summed E-state index contributed by atoms with van der Waals surface area (Å²) in [7, 11) is 3.84. The molecule has 1 saturated heterocycles. The second kappa shape index (κ2) is 4.67. The zero-order valence-electron chi connectivity index (χ0n) is 10.9. The van der Waals surface area contributed by atoms with Crippen LogP contribution in [0.25, 0.3) is 0 Å². The van der Waals surface area contributed by atoms with Crippen LogP contribution in [0.5, 0.6) is 5.75 Å². The molecule has 0 aliphatic carbocycles. The average Bonchev–Trinajstić information content (AvgIpc) is 2.34. The van der Waals surface area contributed by atoms with Crippen molar-refractivity contribution >= 4 is 0 Å². The fourth-order valence-electron chi connectivity index (χ4n) is 2.77. The predicted molar refractivity (Wildman–Crippen MR) is 67.3 cm³/mol. The Kier molecular flexibility index (Phi) is 3.40. The maximum absolute atomic E-state index is 10.9. The summed E-state index contributed by atoms with van der Waals surface area (Å²) in [4.78, 5) is 1.49. The van der Waals surface area contributed by atoms with Crippen molar-refractivity contribution in [2.75, 3.05) is 27.2 Å². The monoisotopic (exact) mass is 236 g/mol. The third-order valence-corrected chi connectivity index (χ3v) is 3.97. The van der Waals surface area contributed by atoms with Gasteiger partial charge in [-0.1, -0.05) is 19.1 Å². The van der Waals surface area contributed by atoms with Gasteiger partial charge in [0, 0.05) is 12.3 Å². The molecule has 1 fully saturated rings. The van der Waals surface area contributed by atoms with Crippen molar-refractivity contribution < 1.29 is 14.7 Å². The second-order valence-electron chi connectivity index (χ2n) is 5.22. The van der Waals surface area contributed by atoms with Gasteiger partial charge in [0.05, 0.1) is 27.2 Å². The molecule has 3 heteroatoms. The number of rotatable bonds is 2. The lowest BCUT2D eigenvalue weighted by Gasteiger charge is -2.40. The second-order valence-corrected chi connectivity index (χ2v) is 5.22. The maximum atomic E-state index is 10.9. The minimum absolute atomic E-state index is 0.267. The van der Waals surface area contributed by atoms with Gasteiger partial charge >= 0.3 is 0 Å². The van der Waals surface area contributed by atoms with Gasteiger partial charge in [-0.15, -0.1) is 0 Å². The Morgan fingerprint density at radius 1 is 1.47 bits per heavy atom. The summed E-state index contributed by atoms with van der Waals surface area (Å²) in [6.45, 7) is 4.15. The highest BCUT2D eigenvalue weighted by Gasteiger charge is 2.41. The summed E-state index contributed by atoms with van der Waals surface area (Å²) in [5.74, 6) is 1.08. The molecule has 17 heavy (non-hydrogen) atoms. The summed E-state index contributed by atoms with van der Waals surface area (Å²) in [5, 5.41) is 10.9. The zero-order chi connectivity index (χ0) is 12.5. The van der Waals surface area contributed by atoms with Crippen molar-refractivity contribution in [2.45, 2.75) is 18.9 Å². The molecule has 0 radical (unpaired) electrons. The van der Waals surface area contributed by atoms with E-state index in [-0.39, 0.29) is 5.92 Å². The van der Waals surface area contributed by atoms with Crippen molar-refractivity contribution in [2.24, 2.45) is 5.92 Å². The van der Waals surface area contributed by atoms with Gasteiger partial charge in [0.25, 0.3) is 0 Å². The van der Waals surface area contributed by atoms with Crippen LogP contribution < -0.4 is 9.64 Å². The highest BCUT2D eigenvalue weighted by molar-refractivity contribution is 5.33. The van der Waals surface area contributed by atoms with Crippen LogP contribution in [0.2, 0.25) is 0 Å². The lowest BCUT2D eigenvalue weighted by Crippen LogP contribution is -3.11.